The van der Waals surface area contributed by atoms with Gasteiger partial charge in [0.15, 0.2) is 0 Å². The molecule has 0 spiro atoms. The molecule has 2 aromatic rings. The number of aryl methyl sites for hydroxylation is 2. The van der Waals surface area contributed by atoms with Crippen molar-refractivity contribution in [1.82, 2.24) is 0 Å². The van der Waals surface area contributed by atoms with Gasteiger partial charge in [-0.05, 0) is 37.6 Å². The predicted molar refractivity (Wildman–Crippen MR) is 73.6 cm³/mol. The van der Waals surface area contributed by atoms with Crippen LogP contribution < -0.4 is 5.32 Å². The van der Waals surface area contributed by atoms with E-state index in [1.807, 2.05) is 19.1 Å². The number of benzene rings is 1. The lowest BCUT2D eigenvalue weighted by Gasteiger charge is -2.07. The largest absolute Gasteiger partial charge is 0.478 e. The van der Waals surface area contributed by atoms with E-state index < -0.39 is 5.97 Å². The molecular formula is C15H14N2O3. The SMILES string of the molecule is Cc1ccc(C#N)c(NCc2cc(C(=O)O)c(C)o2)c1. The molecular weight excluding hydrogens is 256 g/mol. The number of anilines is 1. The molecule has 1 aromatic heterocycles. The summed E-state index contributed by atoms with van der Waals surface area (Å²) in [5.74, 6) is -0.116. The summed E-state index contributed by atoms with van der Waals surface area (Å²) in [5, 5.41) is 21.1. The van der Waals surface area contributed by atoms with Crippen molar-refractivity contribution in [3.05, 3.63) is 52.5 Å². The lowest BCUT2D eigenvalue weighted by molar-refractivity contribution is 0.0695. The fraction of sp³-hybridized carbons (Fsp3) is 0.200. The van der Waals surface area contributed by atoms with Crippen molar-refractivity contribution in [3.63, 3.8) is 0 Å². The fourth-order valence-corrected chi connectivity index (χ4v) is 1.93. The number of rotatable bonds is 4. The van der Waals surface area contributed by atoms with Crippen LogP contribution in [0.2, 0.25) is 0 Å². The zero-order valence-corrected chi connectivity index (χ0v) is 11.2. The number of carboxylic acids is 1. The number of aromatic carboxylic acids is 1. The summed E-state index contributed by atoms with van der Waals surface area (Å²) < 4.78 is 5.38. The van der Waals surface area contributed by atoms with Gasteiger partial charge in [-0.1, -0.05) is 6.07 Å². The van der Waals surface area contributed by atoms with E-state index in [4.69, 9.17) is 14.8 Å². The van der Waals surface area contributed by atoms with Gasteiger partial charge in [-0.25, -0.2) is 4.79 Å². The van der Waals surface area contributed by atoms with E-state index in [0.29, 0.717) is 29.3 Å². The van der Waals surface area contributed by atoms with Crippen LogP contribution in [0.1, 0.15) is 33.0 Å². The van der Waals surface area contributed by atoms with Crippen LogP contribution in [0.3, 0.4) is 0 Å². The molecule has 0 unspecified atom stereocenters. The van der Waals surface area contributed by atoms with Crippen LogP contribution in [0.4, 0.5) is 5.69 Å². The second-order valence-corrected chi connectivity index (χ2v) is 4.50. The summed E-state index contributed by atoms with van der Waals surface area (Å²) in [6.45, 7) is 3.87. The minimum atomic E-state index is -1.01. The van der Waals surface area contributed by atoms with Crippen LogP contribution in [-0.2, 0) is 6.54 Å². The third kappa shape index (κ3) is 2.81. The summed E-state index contributed by atoms with van der Waals surface area (Å²) in [4.78, 5) is 10.9. The van der Waals surface area contributed by atoms with Crippen molar-refractivity contribution in [2.75, 3.05) is 5.32 Å². The number of hydrogen-bond donors (Lipinski definition) is 2. The Kier molecular flexibility index (Phi) is 3.76. The van der Waals surface area contributed by atoms with E-state index in [1.54, 1.807) is 13.0 Å². The highest BCUT2D eigenvalue weighted by molar-refractivity contribution is 5.88. The number of carbonyl (C=O) groups is 1. The number of nitrogens with zero attached hydrogens (tertiary/aromatic N) is 1. The average molecular weight is 270 g/mol. The Morgan fingerprint density at radius 3 is 2.75 bits per heavy atom. The first-order valence-corrected chi connectivity index (χ1v) is 6.08. The topological polar surface area (TPSA) is 86.3 Å². The molecule has 0 amide bonds. The van der Waals surface area contributed by atoms with E-state index in [9.17, 15) is 4.79 Å². The normalized spacial score (nSPS) is 10.1. The molecule has 0 atom stereocenters. The van der Waals surface area contributed by atoms with Crippen molar-refractivity contribution in [1.29, 1.82) is 5.26 Å². The molecule has 1 heterocycles. The molecule has 0 saturated carbocycles. The van der Waals surface area contributed by atoms with Gasteiger partial charge in [0.2, 0.25) is 0 Å². The molecule has 0 bridgehead atoms. The summed E-state index contributed by atoms with van der Waals surface area (Å²) in [6, 6.07) is 9.07. The Morgan fingerprint density at radius 1 is 1.40 bits per heavy atom. The van der Waals surface area contributed by atoms with Crippen LogP contribution >= 0.6 is 0 Å². The number of nitrogens with one attached hydrogen (secondary N) is 1. The molecule has 20 heavy (non-hydrogen) atoms. The van der Waals surface area contributed by atoms with E-state index in [1.165, 1.54) is 6.07 Å². The molecule has 0 aliphatic rings. The quantitative estimate of drug-likeness (QED) is 0.891. The minimum absolute atomic E-state index is 0.159. The van der Waals surface area contributed by atoms with Crippen LogP contribution in [0.15, 0.2) is 28.7 Å². The summed E-state index contributed by atoms with van der Waals surface area (Å²) in [6.07, 6.45) is 0. The van der Waals surface area contributed by atoms with Gasteiger partial charge >= 0.3 is 5.97 Å². The van der Waals surface area contributed by atoms with Crippen molar-refractivity contribution in [2.24, 2.45) is 0 Å². The zero-order valence-electron chi connectivity index (χ0n) is 11.2. The van der Waals surface area contributed by atoms with Crippen molar-refractivity contribution in [3.8, 4) is 6.07 Å². The maximum Gasteiger partial charge on any atom is 0.339 e. The Labute approximate surface area is 116 Å². The maximum atomic E-state index is 10.9. The molecule has 5 heteroatoms. The Balaban J connectivity index is 2.17. The minimum Gasteiger partial charge on any atom is -0.478 e. The third-order valence-corrected chi connectivity index (χ3v) is 2.95. The molecule has 0 aliphatic carbocycles. The van der Waals surface area contributed by atoms with Crippen molar-refractivity contribution >= 4 is 11.7 Å². The lowest BCUT2D eigenvalue weighted by atomic mass is 10.1. The summed E-state index contributed by atoms with van der Waals surface area (Å²) in [7, 11) is 0. The molecule has 5 nitrogen and oxygen atoms in total. The van der Waals surface area contributed by atoms with E-state index >= 15 is 0 Å². The third-order valence-electron chi connectivity index (χ3n) is 2.95. The Bertz CT molecular complexity index is 696. The predicted octanol–water partition coefficient (Wildman–Crippen LogP) is 3.08. The second kappa shape index (κ2) is 5.49. The molecule has 0 aliphatic heterocycles. The number of furan rings is 1. The second-order valence-electron chi connectivity index (χ2n) is 4.50. The van der Waals surface area contributed by atoms with Gasteiger partial charge in [0.05, 0.1) is 17.8 Å². The molecule has 0 saturated heterocycles. The average Bonchev–Trinajstić information content (AvgIpc) is 2.78. The molecule has 0 radical (unpaired) electrons. The highest BCUT2D eigenvalue weighted by Crippen LogP contribution is 2.20. The van der Waals surface area contributed by atoms with Gasteiger partial charge in [0, 0.05) is 0 Å². The Hall–Kier alpha value is -2.74. The summed E-state index contributed by atoms with van der Waals surface area (Å²) in [5.41, 5.74) is 2.44. The zero-order chi connectivity index (χ0) is 14.7. The summed E-state index contributed by atoms with van der Waals surface area (Å²) >= 11 is 0. The highest BCUT2D eigenvalue weighted by Gasteiger charge is 2.13. The first kappa shape index (κ1) is 13.7. The Morgan fingerprint density at radius 2 is 2.15 bits per heavy atom. The van der Waals surface area contributed by atoms with Gasteiger partial charge in [-0.3, -0.25) is 0 Å². The van der Waals surface area contributed by atoms with Gasteiger partial charge in [-0.15, -0.1) is 0 Å². The molecule has 102 valence electrons. The van der Waals surface area contributed by atoms with Crippen LogP contribution in [0, 0.1) is 25.2 Å². The number of hydrogen-bond acceptors (Lipinski definition) is 4. The van der Waals surface area contributed by atoms with Crippen LogP contribution in [0.5, 0.6) is 0 Å². The van der Waals surface area contributed by atoms with E-state index in [2.05, 4.69) is 11.4 Å². The van der Waals surface area contributed by atoms with E-state index in [0.717, 1.165) is 5.56 Å². The highest BCUT2D eigenvalue weighted by atomic mass is 16.4. The first-order chi connectivity index (χ1) is 9.51. The van der Waals surface area contributed by atoms with Gasteiger partial charge < -0.3 is 14.8 Å². The van der Waals surface area contributed by atoms with Crippen molar-refractivity contribution in [2.45, 2.75) is 20.4 Å². The van der Waals surface area contributed by atoms with Crippen LogP contribution in [-0.4, -0.2) is 11.1 Å². The monoisotopic (exact) mass is 270 g/mol. The van der Waals surface area contributed by atoms with Crippen LogP contribution in [0.25, 0.3) is 0 Å². The smallest absolute Gasteiger partial charge is 0.339 e. The van der Waals surface area contributed by atoms with E-state index in [-0.39, 0.29) is 5.56 Å². The molecule has 2 N–H and O–H groups in total. The van der Waals surface area contributed by atoms with Gasteiger partial charge in [0.1, 0.15) is 23.2 Å². The molecule has 2 rings (SSSR count). The molecule has 1 aromatic carbocycles. The fourth-order valence-electron chi connectivity index (χ4n) is 1.93. The standard InChI is InChI=1S/C15H14N2O3/c1-9-3-4-11(7-16)14(5-9)17-8-12-6-13(15(18)19)10(2)20-12/h3-6,17H,8H2,1-2H3,(H,18,19). The van der Waals surface area contributed by atoms with Gasteiger partial charge in [-0.2, -0.15) is 5.26 Å². The lowest BCUT2D eigenvalue weighted by Crippen LogP contribution is -2.01. The van der Waals surface area contributed by atoms with Gasteiger partial charge in [0.25, 0.3) is 0 Å². The number of nitriles is 1. The first-order valence-electron chi connectivity index (χ1n) is 6.08. The maximum absolute atomic E-state index is 10.9. The van der Waals surface area contributed by atoms with Crippen molar-refractivity contribution < 1.29 is 14.3 Å². The molecule has 0 fully saturated rings. The number of carboxylic acid groups (broad SMARTS) is 1.